The van der Waals surface area contributed by atoms with Crippen molar-refractivity contribution in [2.24, 2.45) is 5.41 Å². The van der Waals surface area contributed by atoms with Gasteiger partial charge in [-0.25, -0.2) is 4.98 Å². The Bertz CT molecular complexity index is 623. The molecule has 3 N–H and O–H groups in total. The molecular formula is C15H24N4S. The molecule has 0 radical (unpaired) electrons. The first-order valence-corrected chi connectivity index (χ1v) is 7.69. The number of fused-ring (bicyclic) bond motifs is 1. The van der Waals surface area contributed by atoms with E-state index in [2.05, 4.69) is 62.9 Å². The van der Waals surface area contributed by atoms with Crippen molar-refractivity contribution >= 4 is 33.3 Å². The van der Waals surface area contributed by atoms with Crippen LogP contribution in [0.25, 0.3) is 10.2 Å². The van der Waals surface area contributed by atoms with Crippen molar-refractivity contribution in [1.82, 2.24) is 9.97 Å². The van der Waals surface area contributed by atoms with Crippen LogP contribution in [0, 0.1) is 12.3 Å². The summed E-state index contributed by atoms with van der Waals surface area (Å²) in [5.74, 6) is 1.17. The van der Waals surface area contributed by atoms with Gasteiger partial charge in [0.05, 0.1) is 5.39 Å². The van der Waals surface area contributed by atoms with Crippen LogP contribution in [0.1, 0.15) is 45.9 Å². The number of hydrogen-bond donors (Lipinski definition) is 2. The summed E-state index contributed by atoms with van der Waals surface area (Å²) < 4.78 is 0. The van der Waals surface area contributed by atoms with E-state index in [1.807, 2.05) is 0 Å². The monoisotopic (exact) mass is 292 g/mol. The third-order valence-corrected chi connectivity index (χ3v) is 3.91. The minimum Gasteiger partial charge on any atom is -0.368 e. The molecule has 4 nitrogen and oxygen atoms in total. The van der Waals surface area contributed by atoms with E-state index in [-0.39, 0.29) is 11.0 Å². The number of aromatic nitrogens is 2. The third-order valence-electron chi connectivity index (χ3n) is 2.96. The predicted molar refractivity (Wildman–Crippen MR) is 88.3 cm³/mol. The smallest absolute Gasteiger partial charge is 0.223 e. The summed E-state index contributed by atoms with van der Waals surface area (Å²) in [7, 11) is 0. The second-order valence-electron chi connectivity index (χ2n) is 7.25. The highest BCUT2D eigenvalue weighted by atomic mass is 32.1. The van der Waals surface area contributed by atoms with Gasteiger partial charge in [-0.1, -0.05) is 20.8 Å². The summed E-state index contributed by atoms with van der Waals surface area (Å²) in [6, 6.07) is 2.12. The number of nitrogens with zero attached hydrogens (tertiary/aromatic N) is 2. The zero-order valence-corrected chi connectivity index (χ0v) is 14.0. The van der Waals surface area contributed by atoms with Gasteiger partial charge in [0.1, 0.15) is 10.6 Å². The van der Waals surface area contributed by atoms with Crippen LogP contribution < -0.4 is 11.1 Å². The highest BCUT2D eigenvalue weighted by molar-refractivity contribution is 7.18. The molecule has 0 fully saturated rings. The van der Waals surface area contributed by atoms with Crippen molar-refractivity contribution in [2.75, 3.05) is 11.1 Å². The van der Waals surface area contributed by atoms with Gasteiger partial charge in [-0.2, -0.15) is 4.98 Å². The van der Waals surface area contributed by atoms with Crippen molar-refractivity contribution in [3.63, 3.8) is 0 Å². The van der Waals surface area contributed by atoms with Gasteiger partial charge in [0.25, 0.3) is 0 Å². The minimum atomic E-state index is -0.0538. The molecule has 2 aromatic rings. The zero-order chi connectivity index (χ0) is 15.1. The molecule has 5 heteroatoms. The molecule has 0 aliphatic heterocycles. The van der Waals surface area contributed by atoms with Crippen molar-refractivity contribution in [3.05, 3.63) is 10.9 Å². The van der Waals surface area contributed by atoms with Crippen LogP contribution in [-0.2, 0) is 0 Å². The first kappa shape index (κ1) is 15.0. The van der Waals surface area contributed by atoms with E-state index in [1.54, 1.807) is 11.3 Å². The van der Waals surface area contributed by atoms with Crippen LogP contribution in [0.5, 0.6) is 0 Å². The molecule has 0 bridgehead atoms. The summed E-state index contributed by atoms with van der Waals surface area (Å²) in [5.41, 5.74) is 6.02. The van der Waals surface area contributed by atoms with Crippen LogP contribution in [0.4, 0.5) is 11.8 Å². The van der Waals surface area contributed by atoms with Crippen LogP contribution in [0.15, 0.2) is 6.07 Å². The van der Waals surface area contributed by atoms with Gasteiger partial charge < -0.3 is 11.1 Å². The summed E-state index contributed by atoms with van der Waals surface area (Å²) in [6.45, 7) is 13.2. The molecular weight excluding hydrogens is 268 g/mol. The fraction of sp³-hybridized carbons (Fsp3) is 0.600. The number of nitrogens with two attached hydrogens (primary N) is 1. The molecule has 20 heavy (non-hydrogen) atoms. The van der Waals surface area contributed by atoms with Crippen LogP contribution in [-0.4, -0.2) is 15.5 Å². The summed E-state index contributed by atoms with van der Waals surface area (Å²) in [6.07, 6.45) is 1.04. The second kappa shape index (κ2) is 4.88. The van der Waals surface area contributed by atoms with E-state index in [0.29, 0.717) is 5.95 Å². The SMILES string of the molecule is Cc1cc2c(NC(C)(C)CC(C)(C)C)nc(N)nc2s1. The quantitative estimate of drug-likeness (QED) is 0.889. The van der Waals surface area contributed by atoms with Gasteiger partial charge in [-0.05, 0) is 38.7 Å². The molecule has 0 saturated heterocycles. The van der Waals surface area contributed by atoms with Gasteiger partial charge in [0, 0.05) is 10.4 Å². The molecule has 0 aliphatic carbocycles. The molecule has 0 aromatic carbocycles. The van der Waals surface area contributed by atoms with Gasteiger partial charge >= 0.3 is 0 Å². The van der Waals surface area contributed by atoms with E-state index in [9.17, 15) is 0 Å². The molecule has 2 heterocycles. The summed E-state index contributed by atoms with van der Waals surface area (Å²) >= 11 is 1.65. The van der Waals surface area contributed by atoms with Crippen molar-refractivity contribution in [2.45, 2.75) is 53.5 Å². The van der Waals surface area contributed by atoms with E-state index in [4.69, 9.17) is 5.73 Å². The highest BCUT2D eigenvalue weighted by Gasteiger charge is 2.26. The number of nitrogens with one attached hydrogen (secondary N) is 1. The number of rotatable bonds is 3. The van der Waals surface area contributed by atoms with Gasteiger partial charge in [-0.15, -0.1) is 11.3 Å². The Hall–Kier alpha value is -1.36. The van der Waals surface area contributed by atoms with E-state index >= 15 is 0 Å². The number of thiophene rings is 1. The molecule has 0 amide bonds. The lowest BCUT2D eigenvalue weighted by atomic mass is 9.82. The molecule has 0 spiro atoms. The average Bonchev–Trinajstić information content (AvgIpc) is 2.53. The summed E-state index contributed by atoms with van der Waals surface area (Å²) in [5, 5.41) is 4.61. The van der Waals surface area contributed by atoms with Gasteiger partial charge in [0.2, 0.25) is 5.95 Å². The lowest BCUT2D eigenvalue weighted by Gasteiger charge is -2.34. The first-order chi connectivity index (χ1) is 9.06. The minimum absolute atomic E-state index is 0.0538. The molecule has 0 atom stereocenters. The third kappa shape index (κ3) is 3.60. The molecule has 0 unspecified atom stereocenters. The van der Waals surface area contributed by atoms with Crippen molar-refractivity contribution < 1.29 is 0 Å². The topological polar surface area (TPSA) is 63.8 Å². The van der Waals surface area contributed by atoms with Crippen LogP contribution >= 0.6 is 11.3 Å². The number of nitrogen functional groups attached to an aromatic ring is 1. The maximum Gasteiger partial charge on any atom is 0.223 e. The van der Waals surface area contributed by atoms with Crippen molar-refractivity contribution in [3.8, 4) is 0 Å². The Morgan fingerprint density at radius 2 is 1.85 bits per heavy atom. The fourth-order valence-corrected chi connectivity index (χ4v) is 3.73. The predicted octanol–water partition coefficient (Wildman–Crippen LogP) is 4.21. The number of anilines is 2. The van der Waals surface area contributed by atoms with E-state index in [1.165, 1.54) is 4.88 Å². The second-order valence-corrected chi connectivity index (χ2v) is 8.49. The molecule has 0 aliphatic rings. The largest absolute Gasteiger partial charge is 0.368 e. The Kier molecular flexibility index (Phi) is 3.67. The van der Waals surface area contributed by atoms with Gasteiger partial charge in [0.15, 0.2) is 0 Å². The first-order valence-electron chi connectivity index (χ1n) is 6.88. The molecule has 2 aromatic heterocycles. The Balaban J connectivity index is 2.38. The number of aryl methyl sites for hydroxylation is 1. The zero-order valence-electron chi connectivity index (χ0n) is 13.2. The van der Waals surface area contributed by atoms with E-state index in [0.717, 1.165) is 22.5 Å². The Morgan fingerprint density at radius 3 is 2.45 bits per heavy atom. The van der Waals surface area contributed by atoms with E-state index < -0.39 is 0 Å². The number of hydrogen-bond acceptors (Lipinski definition) is 5. The van der Waals surface area contributed by atoms with Crippen molar-refractivity contribution in [1.29, 1.82) is 0 Å². The Morgan fingerprint density at radius 1 is 1.20 bits per heavy atom. The fourth-order valence-electron chi connectivity index (χ4n) is 2.84. The molecule has 110 valence electrons. The van der Waals surface area contributed by atoms with Crippen LogP contribution in [0.3, 0.4) is 0 Å². The highest BCUT2D eigenvalue weighted by Crippen LogP contribution is 2.33. The normalized spacial score (nSPS) is 12.9. The average molecular weight is 292 g/mol. The van der Waals surface area contributed by atoms with Crippen LogP contribution in [0.2, 0.25) is 0 Å². The lowest BCUT2D eigenvalue weighted by molar-refractivity contribution is 0.302. The standard InChI is InChI=1S/C15H24N4S/c1-9-7-10-11(17-13(16)18-12(10)20-9)19-15(5,6)8-14(2,3)4/h7H,8H2,1-6H3,(H3,16,17,18,19). The Labute approximate surface area is 124 Å². The molecule has 2 rings (SSSR count). The maximum absolute atomic E-state index is 5.82. The molecule has 0 saturated carbocycles. The lowest BCUT2D eigenvalue weighted by Crippen LogP contribution is -2.35. The maximum atomic E-state index is 5.82. The van der Waals surface area contributed by atoms with Gasteiger partial charge in [-0.3, -0.25) is 0 Å². The summed E-state index contributed by atoms with van der Waals surface area (Å²) in [4.78, 5) is 10.9.